The molecule has 1 unspecified atom stereocenters. The van der Waals surface area contributed by atoms with E-state index >= 15 is 0 Å². The number of amides is 2. The Hall–Kier alpha value is -3.18. The average molecular weight is 439 g/mol. The fourth-order valence-corrected chi connectivity index (χ4v) is 5.03. The molecule has 3 rings (SSSR count). The Morgan fingerprint density at radius 1 is 1.35 bits per heavy atom. The summed E-state index contributed by atoms with van der Waals surface area (Å²) in [5, 5.41) is 13.0. The maximum atomic E-state index is 12.3. The molecule has 2 heterocycles. The molecule has 0 saturated carbocycles. The first-order valence-corrected chi connectivity index (χ1v) is 11.1. The lowest BCUT2D eigenvalue weighted by atomic mass is 9.88. The predicted molar refractivity (Wildman–Crippen MR) is 122 cm³/mol. The number of nitrogens with one attached hydrogen (secondary N) is 1. The summed E-state index contributed by atoms with van der Waals surface area (Å²) in [6, 6.07) is 2.23. The van der Waals surface area contributed by atoms with Crippen LogP contribution in [0.15, 0.2) is 42.1 Å². The number of fused-ring (bicyclic) bond motifs is 1. The van der Waals surface area contributed by atoms with Gasteiger partial charge >= 0.3 is 6.09 Å². The Labute approximate surface area is 186 Å². The summed E-state index contributed by atoms with van der Waals surface area (Å²) in [4.78, 5) is 31.1. The van der Waals surface area contributed by atoms with E-state index in [1.807, 2.05) is 0 Å². The van der Waals surface area contributed by atoms with Crippen LogP contribution in [0.4, 0.5) is 9.80 Å². The van der Waals surface area contributed by atoms with E-state index in [-0.39, 0.29) is 17.9 Å². The number of likely N-dealkylation sites (tertiary alicyclic amines) is 1. The lowest BCUT2D eigenvalue weighted by Gasteiger charge is -2.23. The van der Waals surface area contributed by atoms with Crippen molar-refractivity contribution in [2.45, 2.75) is 32.1 Å². The largest absolute Gasteiger partial charge is 0.449 e. The van der Waals surface area contributed by atoms with Crippen LogP contribution in [-0.2, 0) is 22.4 Å². The number of hydrogen-bond acceptors (Lipinski definition) is 6. The fourth-order valence-electron chi connectivity index (χ4n) is 3.71. The van der Waals surface area contributed by atoms with E-state index in [0.717, 1.165) is 55.6 Å². The van der Waals surface area contributed by atoms with Crippen LogP contribution in [0.1, 0.15) is 35.3 Å². The molecule has 0 bridgehead atoms. The van der Waals surface area contributed by atoms with E-state index in [9.17, 15) is 14.9 Å². The lowest BCUT2D eigenvalue weighted by molar-refractivity contribution is -0.111. The molecule has 7 nitrogen and oxygen atoms in total. The van der Waals surface area contributed by atoms with Gasteiger partial charge in [0, 0.05) is 36.5 Å². The number of aliphatic imine (C=N–C) groups is 1. The van der Waals surface area contributed by atoms with Crippen molar-refractivity contribution in [2.24, 2.45) is 10.9 Å². The second-order valence-corrected chi connectivity index (χ2v) is 8.66. The lowest BCUT2D eigenvalue weighted by Crippen LogP contribution is -2.30. The van der Waals surface area contributed by atoms with Gasteiger partial charge in [0.25, 0.3) is 0 Å². The van der Waals surface area contributed by atoms with Gasteiger partial charge in [-0.05, 0) is 55.2 Å². The first-order valence-electron chi connectivity index (χ1n) is 10.3. The predicted octanol–water partition coefficient (Wildman–Crippen LogP) is 4.22. The van der Waals surface area contributed by atoms with Crippen molar-refractivity contribution in [2.75, 3.05) is 25.0 Å². The van der Waals surface area contributed by atoms with Crippen LogP contribution in [0, 0.1) is 17.2 Å². The number of nitrogens with zero attached hydrogens (tertiary/aromatic N) is 3. The molecule has 2 amide bonds. The first-order chi connectivity index (χ1) is 15.0. The van der Waals surface area contributed by atoms with Crippen LogP contribution in [-0.4, -0.2) is 42.8 Å². The zero-order chi connectivity index (χ0) is 22.2. The Morgan fingerprint density at radius 3 is 2.84 bits per heavy atom. The van der Waals surface area contributed by atoms with E-state index < -0.39 is 0 Å². The molecule has 1 aliphatic carbocycles. The number of hydrogen-bond donors (Lipinski definition) is 1. The van der Waals surface area contributed by atoms with E-state index in [1.165, 1.54) is 29.8 Å². The third kappa shape index (κ3) is 5.92. The average Bonchev–Trinajstić information content (AvgIpc) is 3.42. The van der Waals surface area contributed by atoms with Gasteiger partial charge in [-0.25, -0.2) is 4.79 Å². The summed E-state index contributed by atoms with van der Waals surface area (Å²) in [6.45, 7) is 9.18. The maximum absolute atomic E-state index is 12.3. The molecular formula is C23H26N4O3S. The monoisotopic (exact) mass is 438 g/mol. The summed E-state index contributed by atoms with van der Waals surface area (Å²) < 4.78 is 5.51. The third-order valence-corrected chi connectivity index (χ3v) is 6.49. The van der Waals surface area contributed by atoms with Gasteiger partial charge < -0.3 is 15.0 Å². The molecule has 0 radical (unpaired) electrons. The number of ether oxygens (including phenoxy) is 1. The normalized spacial score (nSPS) is 18.0. The highest BCUT2D eigenvalue weighted by molar-refractivity contribution is 7.16. The molecule has 0 aromatic carbocycles. The van der Waals surface area contributed by atoms with Crippen molar-refractivity contribution in [3.63, 3.8) is 0 Å². The van der Waals surface area contributed by atoms with E-state index in [2.05, 4.69) is 29.5 Å². The van der Waals surface area contributed by atoms with E-state index in [0.29, 0.717) is 22.7 Å². The number of nitriles is 1. The smallest absolute Gasteiger partial charge is 0.409 e. The van der Waals surface area contributed by atoms with Crippen LogP contribution >= 0.6 is 11.3 Å². The summed E-state index contributed by atoms with van der Waals surface area (Å²) in [7, 11) is 0. The van der Waals surface area contributed by atoms with Gasteiger partial charge in [-0.15, -0.1) is 11.3 Å². The fraction of sp³-hybridized carbons (Fsp3) is 0.391. The summed E-state index contributed by atoms with van der Waals surface area (Å²) in [5.74, 6) is -0.112. The van der Waals surface area contributed by atoms with Gasteiger partial charge in [0.15, 0.2) is 0 Å². The summed E-state index contributed by atoms with van der Waals surface area (Å²) in [5.41, 5.74) is 2.09. The molecule has 1 atom stereocenters. The molecule has 8 heteroatoms. The van der Waals surface area contributed by atoms with E-state index in [1.54, 1.807) is 11.0 Å². The second kappa shape index (κ2) is 10.7. The maximum Gasteiger partial charge on any atom is 0.409 e. The van der Waals surface area contributed by atoms with Crippen molar-refractivity contribution >= 4 is 34.6 Å². The van der Waals surface area contributed by atoms with E-state index in [4.69, 9.17) is 4.74 Å². The van der Waals surface area contributed by atoms with Gasteiger partial charge in [-0.3, -0.25) is 9.79 Å². The first kappa shape index (κ1) is 22.5. The van der Waals surface area contributed by atoms with Crippen LogP contribution in [0.3, 0.4) is 0 Å². The molecular weight excluding hydrogens is 412 g/mol. The zero-order valence-corrected chi connectivity index (χ0v) is 18.2. The minimum Gasteiger partial charge on any atom is -0.449 e. The Morgan fingerprint density at radius 2 is 2.13 bits per heavy atom. The number of rotatable bonds is 7. The van der Waals surface area contributed by atoms with Crippen LogP contribution in [0.25, 0.3) is 0 Å². The van der Waals surface area contributed by atoms with Crippen molar-refractivity contribution in [3.8, 4) is 6.07 Å². The minimum absolute atomic E-state index is 0.222. The highest BCUT2D eigenvalue weighted by Gasteiger charge is 2.28. The molecule has 31 heavy (non-hydrogen) atoms. The molecule has 1 aliphatic heterocycles. The quantitative estimate of drug-likeness (QED) is 0.392. The Bertz CT molecular complexity index is 964. The SMILES string of the molecule is C=CN=CC(=C)/C=C/C(=O)Nc1sc2c(c1C#N)CCC(COC(=O)N1CCCC1)C2. The Kier molecular flexibility index (Phi) is 7.79. The van der Waals surface area contributed by atoms with Gasteiger partial charge in [-0.2, -0.15) is 5.26 Å². The third-order valence-electron chi connectivity index (χ3n) is 5.32. The van der Waals surface area contributed by atoms with Crippen molar-refractivity contribution in [1.29, 1.82) is 5.26 Å². The van der Waals surface area contributed by atoms with Crippen molar-refractivity contribution in [1.82, 2.24) is 4.90 Å². The standard InChI is InChI=1S/C23H26N4O3S/c1-3-25-14-16(2)6-9-21(28)26-22-19(13-24)18-8-7-17(12-20(18)31-22)15-30-23(29)27-10-4-5-11-27/h3,6,9,14,17H,1-2,4-5,7-8,10-12,15H2,(H,26,28)/b9-6+,25-14?. The molecule has 1 N–H and O–H groups in total. The van der Waals surface area contributed by atoms with Crippen molar-refractivity contribution < 1.29 is 14.3 Å². The van der Waals surface area contributed by atoms with Crippen LogP contribution < -0.4 is 5.32 Å². The van der Waals surface area contributed by atoms with Crippen LogP contribution in [0.2, 0.25) is 0 Å². The molecule has 1 aromatic rings. The molecule has 162 valence electrons. The minimum atomic E-state index is -0.334. The highest BCUT2D eigenvalue weighted by atomic mass is 32.1. The molecule has 1 aromatic heterocycles. The highest BCUT2D eigenvalue weighted by Crippen LogP contribution is 2.39. The molecule has 1 saturated heterocycles. The van der Waals surface area contributed by atoms with Gasteiger partial charge in [0.1, 0.15) is 11.1 Å². The summed E-state index contributed by atoms with van der Waals surface area (Å²) in [6.07, 6.45) is 9.96. The number of carbonyl (C=O) groups excluding carboxylic acids is 2. The van der Waals surface area contributed by atoms with Crippen molar-refractivity contribution in [3.05, 3.63) is 53.1 Å². The zero-order valence-electron chi connectivity index (χ0n) is 17.4. The molecule has 2 aliphatic rings. The number of carbonyl (C=O) groups is 2. The topological polar surface area (TPSA) is 94.8 Å². The van der Waals surface area contributed by atoms with Crippen LogP contribution in [0.5, 0.6) is 0 Å². The summed E-state index contributed by atoms with van der Waals surface area (Å²) >= 11 is 1.43. The van der Waals surface area contributed by atoms with Gasteiger partial charge in [0.2, 0.25) is 5.91 Å². The number of thiophene rings is 1. The second-order valence-electron chi connectivity index (χ2n) is 7.56. The number of anilines is 1. The van der Waals surface area contributed by atoms with Gasteiger partial charge in [-0.1, -0.05) is 13.2 Å². The Balaban J connectivity index is 1.60. The van der Waals surface area contributed by atoms with Gasteiger partial charge in [0.05, 0.1) is 12.2 Å². The number of allylic oxidation sites excluding steroid dienone is 2. The molecule has 0 spiro atoms. The molecule has 1 fully saturated rings.